The van der Waals surface area contributed by atoms with Gasteiger partial charge in [-0.25, -0.2) is 4.39 Å². The van der Waals surface area contributed by atoms with E-state index in [2.05, 4.69) is 0 Å². The van der Waals surface area contributed by atoms with Gasteiger partial charge in [-0.2, -0.15) is 0 Å². The Hall–Kier alpha value is -2.80. The van der Waals surface area contributed by atoms with Crippen LogP contribution in [0.1, 0.15) is 24.8 Å². The third-order valence-corrected chi connectivity index (χ3v) is 6.16. The Balaban J connectivity index is 1.34. The van der Waals surface area contributed by atoms with Crippen molar-refractivity contribution < 1.29 is 23.5 Å². The molecule has 1 atom stereocenters. The zero-order valence-corrected chi connectivity index (χ0v) is 16.9. The monoisotopic (exact) mass is 430 g/mol. The second-order valence-electron chi connectivity index (χ2n) is 7.84. The van der Waals surface area contributed by atoms with Crippen molar-refractivity contribution >= 4 is 29.1 Å². The van der Waals surface area contributed by atoms with E-state index in [4.69, 9.17) is 21.1 Å². The molecule has 1 saturated carbocycles. The molecule has 8 heteroatoms. The average molecular weight is 431 g/mol. The third kappa shape index (κ3) is 3.47. The predicted molar refractivity (Wildman–Crippen MR) is 108 cm³/mol. The molecule has 0 spiro atoms. The van der Waals surface area contributed by atoms with Gasteiger partial charge in [0.1, 0.15) is 5.82 Å². The van der Waals surface area contributed by atoms with Crippen LogP contribution in [0.4, 0.5) is 10.1 Å². The molecule has 2 aliphatic heterocycles. The van der Waals surface area contributed by atoms with Gasteiger partial charge < -0.3 is 19.3 Å². The van der Waals surface area contributed by atoms with Crippen molar-refractivity contribution in [2.45, 2.75) is 31.8 Å². The summed E-state index contributed by atoms with van der Waals surface area (Å²) in [6, 6.07) is 9.89. The van der Waals surface area contributed by atoms with Crippen LogP contribution in [0.2, 0.25) is 5.02 Å². The molecule has 2 fully saturated rings. The highest BCUT2D eigenvalue weighted by Gasteiger charge is 2.42. The zero-order valence-electron chi connectivity index (χ0n) is 16.1. The SMILES string of the molecule is O=C1C[C@@H](C(=O)N(Cc2c(F)cccc2Cl)C2CC2)CN1c1ccc2c(c1)OCO2. The molecule has 2 heterocycles. The lowest BCUT2D eigenvalue weighted by atomic mass is 10.1. The summed E-state index contributed by atoms with van der Waals surface area (Å²) in [5.74, 6) is 0.0726. The van der Waals surface area contributed by atoms with Gasteiger partial charge in [0.25, 0.3) is 0 Å². The molecule has 2 aromatic rings. The number of nitrogens with zero attached hydrogens (tertiary/aromatic N) is 2. The lowest BCUT2D eigenvalue weighted by molar-refractivity contribution is -0.137. The van der Waals surface area contributed by atoms with Gasteiger partial charge in [0.05, 0.1) is 12.5 Å². The molecule has 0 N–H and O–H groups in total. The quantitative estimate of drug-likeness (QED) is 0.724. The van der Waals surface area contributed by atoms with E-state index in [1.54, 1.807) is 40.1 Å². The molecule has 0 radical (unpaired) electrons. The smallest absolute Gasteiger partial charge is 0.231 e. The second-order valence-corrected chi connectivity index (χ2v) is 8.25. The van der Waals surface area contributed by atoms with Crippen LogP contribution in [-0.2, 0) is 16.1 Å². The van der Waals surface area contributed by atoms with Crippen LogP contribution in [0.15, 0.2) is 36.4 Å². The topological polar surface area (TPSA) is 59.1 Å². The number of carbonyl (C=O) groups excluding carboxylic acids is 2. The standard InChI is InChI=1S/C22H20ClFN2O4/c23-17-2-1-3-18(24)16(17)11-26(14-4-5-14)22(28)13-8-21(27)25(10-13)15-6-7-19-20(9-15)30-12-29-19/h1-3,6-7,9,13-14H,4-5,8,10-12H2/t13-/m1/s1. The average Bonchev–Trinajstić information content (AvgIpc) is 3.32. The number of fused-ring (bicyclic) bond motifs is 1. The molecule has 1 saturated heterocycles. The number of anilines is 1. The zero-order chi connectivity index (χ0) is 20.8. The molecule has 2 amide bonds. The van der Waals surface area contributed by atoms with E-state index >= 15 is 0 Å². The van der Waals surface area contributed by atoms with Gasteiger partial charge in [-0.15, -0.1) is 0 Å². The summed E-state index contributed by atoms with van der Waals surface area (Å²) in [6.07, 6.45) is 1.89. The minimum atomic E-state index is -0.478. The first-order chi connectivity index (χ1) is 14.5. The summed E-state index contributed by atoms with van der Waals surface area (Å²) in [4.78, 5) is 29.3. The normalized spacial score (nSPS) is 20.0. The fourth-order valence-electron chi connectivity index (χ4n) is 4.04. The maximum atomic E-state index is 14.3. The van der Waals surface area contributed by atoms with Crippen molar-refractivity contribution in [2.24, 2.45) is 5.92 Å². The molecule has 3 aliphatic rings. The number of carbonyl (C=O) groups is 2. The van der Waals surface area contributed by atoms with E-state index in [0.717, 1.165) is 12.8 Å². The van der Waals surface area contributed by atoms with Gasteiger partial charge in [-0.05, 0) is 37.1 Å². The summed E-state index contributed by atoms with van der Waals surface area (Å²) in [5, 5.41) is 0.304. The third-order valence-electron chi connectivity index (χ3n) is 5.80. The van der Waals surface area contributed by atoms with Gasteiger partial charge >= 0.3 is 0 Å². The highest BCUT2D eigenvalue weighted by molar-refractivity contribution is 6.31. The summed E-state index contributed by atoms with van der Waals surface area (Å²) in [5.41, 5.74) is 0.992. The highest BCUT2D eigenvalue weighted by atomic mass is 35.5. The number of amides is 2. The first-order valence-electron chi connectivity index (χ1n) is 9.94. The van der Waals surface area contributed by atoms with Gasteiger partial charge in [0.15, 0.2) is 11.5 Å². The van der Waals surface area contributed by atoms with E-state index in [1.807, 2.05) is 0 Å². The van der Waals surface area contributed by atoms with E-state index in [1.165, 1.54) is 6.07 Å². The van der Waals surface area contributed by atoms with Gasteiger partial charge in [0, 0.05) is 41.3 Å². The number of halogens is 2. The molecule has 0 aromatic heterocycles. The number of ether oxygens (including phenoxy) is 2. The van der Waals surface area contributed by atoms with Crippen molar-refractivity contribution in [1.29, 1.82) is 0 Å². The fourth-order valence-corrected chi connectivity index (χ4v) is 4.26. The summed E-state index contributed by atoms with van der Waals surface area (Å²) in [6.45, 7) is 0.554. The predicted octanol–water partition coefficient (Wildman–Crippen LogP) is 3.75. The maximum absolute atomic E-state index is 14.3. The molecule has 6 nitrogen and oxygen atoms in total. The van der Waals surface area contributed by atoms with Gasteiger partial charge in [0.2, 0.25) is 18.6 Å². The first-order valence-corrected chi connectivity index (χ1v) is 10.3. The van der Waals surface area contributed by atoms with Crippen molar-refractivity contribution in [3.63, 3.8) is 0 Å². The maximum Gasteiger partial charge on any atom is 0.231 e. The number of hydrogen-bond acceptors (Lipinski definition) is 4. The molecule has 5 rings (SSSR count). The van der Waals surface area contributed by atoms with Crippen LogP contribution >= 0.6 is 11.6 Å². The van der Waals surface area contributed by atoms with Crippen LogP contribution in [-0.4, -0.2) is 36.1 Å². The lowest BCUT2D eigenvalue weighted by Crippen LogP contribution is -2.38. The minimum Gasteiger partial charge on any atom is -0.454 e. The molecule has 0 unspecified atom stereocenters. The van der Waals surface area contributed by atoms with Crippen LogP contribution in [0.25, 0.3) is 0 Å². The molecule has 30 heavy (non-hydrogen) atoms. The fraction of sp³-hybridized carbons (Fsp3) is 0.364. The second kappa shape index (κ2) is 7.47. The molecule has 1 aliphatic carbocycles. The summed E-state index contributed by atoms with van der Waals surface area (Å²) in [7, 11) is 0. The van der Waals surface area contributed by atoms with Crippen LogP contribution in [0.3, 0.4) is 0 Å². The van der Waals surface area contributed by atoms with Crippen LogP contribution in [0, 0.1) is 11.7 Å². The minimum absolute atomic E-state index is 0.0721. The Bertz CT molecular complexity index is 1010. The molecular formula is C22H20ClFN2O4. The van der Waals surface area contributed by atoms with Gasteiger partial charge in [-0.1, -0.05) is 17.7 Å². The number of rotatable bonds is 5. The molecule has 2 aromatic carbocycles. The Labute approximate surface area is 178 Å². The van der Waals surface area contributed by atoms with Crippen molar-refractivity contribution in [3.8, 4) is 11.5 Å². The van der Waals surface area contributed by atoms with E-state index in [0.29, 0.717) is 27.8 Å². The van der Waals surface area contributed by atoms with E-state index in [-0.39, 0.29) is 44.2 Å². The first kappa shape index (κ1) is 19.2. The van der Waals surface area contributed by atoms with Crippen molar-refractivity contribution in [3.05, 3.63) is 52.8 Å². The largest absolute Gasteiger partial charge is 0.454 e. The molecule has 156 valence electrons. The number of hydrogen-bond donors (Lipinski definition) is 0. The lowest BCUT2D eigenvalue weighted by Gasteiger charge is -2.26. The Morgan fingerprint density at radius 2 is 2.00 bits per heavy atom. The van der Waals surface area contributed by atoms with Crippen molar-refractivity contribution in [2.75, 3.05) is 18.2 Å². The Morgan fingerprint density at radius 1 is 1.20 bits per heavy atom. The van der Waals surface area contributed by atoms with Gasteiger partial charge in [-0.3, -0.25) is 9.59 Å². The van der Waals surface area contributed by atoms with Crippen LogP contribution < -0.4 is 14.4 Å². The Kier molecular flexibility index (Phi) is 4.77. The van der Waals surface area contributed by atoms with E-state index in [9.17, 15) is 14.0 Å². The highest BCUT2D eigenvalue weighted by Crippen LogP contribution is 2.38. The number of benzene rings is 2. The summed E-state index contributed by atoms with van der Waals surface area (Å²) >= 11 is 6.17. The molecular weight excluding hydrogens is 411 g/mol. The van der Waals surface area contributed by atoms with Crippen LogP contribution in [0.5, 0.6) is 11.5 Å². The molecule has 0 bridgehead atoms. The Morgan fingerprint density at radius 3 is 2.77 bits per heavy atom. The summed E-state index contributed by atoms with van der Waals surface area (Å²) < 4.78 is 25.0. The van der Waals surface area contributed by atoms with Crippen molar-refractivity contribution in [1.82, 2.24) is 4.90 Å². The van der Waals surface area contributed by atoms with E-state index < -0.39 is 11.7 Å².